The standard InChI is InChI=1S/C18H17NO.C11H9NO.C7H7.BrH.Mg/c1-3-8-15(9-4-1)14-17(18-12-7-13-20-18)19-16-10-5-2-6-11-16;1-2-5-10(6-3-1)12-9-11-7-4-8-13-11;1-7-5-3-2-4-6-7;;/h1-13,17,19H,14H2;1-9H;2-6H,1H2;1H;/q;;-1;;+2/p-1. The Labute approximate surface area is 275 Å². The maximum absolute atomic E-state index is 5.58. The number of benzene rings is 4. The number of hydrogen-bond donors (Lipinski definition) is 1. The van der Waals surface area contributed by atoms with E-state index in [0.29, 0.717) is 0 Å². The van der Waals surface area contributed by atoms with Crippen LogP contribution < -0.4 is 22.3 Å². The Kier molecular flexibility index (Phi) is 16.3. The molecular weight excluding hydrogens is 597 g/mol. The summed E-state index contributed by atoms with van der Waals surface area (Å²) < 4.78 is 10.7. The monoisotopic (exact) mass is 628 g/mol. The molecule has 6 rings (SSSR count). The zero-order chi connectivity index (χ0) is 27.7. The Morgan fingerprint density at radius 3 is 1.71 bits per heavy atom. The third kappa shape index (κ3) is 12.7. The van der Waals surface area contributed by atoms with E-state index in [-0.39, 0.29) is 46.1 Å². The number of anilines is 1. The van der Waals surface area contributed by atoms with E-state index in [4.69, 9.17) is 8.83 Å². The van der Waals surface area contributed by atoms with Gasteiger partial charge in [0.2, 0.25) is 0 Å². The van der Waals surface area contributed by atoms with Crippen molar-refractivity contribution in [2.24, 2.45) is 4.99 Å². The molecule has 0 amide bonds. The number of para-hydroxylation sites is 2. The van der Waals surface area contributed by atoms with Crippen LogP contribution >= 0.6 is 0 Å². The number of aliphatic imine (C=N–C) groups is 1. The molecule has 6 heteroatoms. The van der Waals surface area contributed by atoms with Crippen LogP contribution in [0.2, 0.25) is 0 Å². The zero-order valence-corrected chi connectivity index (χ0v) is 26.4. The average molecular weight is 630 g/mol. The summed E-state index contributed by atoms with van der Waals surface area (Å²) in [5, 5.41) is 3.54. The first-order valence-electron chi connectivity index (χ1n) is 13.1. The summed E-state index contributed by atoms with van der Waals surface area (Å²) in [5.41, 5.74) is 4.39. The maximum atomic E-state index is 5.58. The van der Waals surface area contributed by atoms with Gasteiger partial charge in [-0.2, -0.15) is 24.6 Å². The van der Waals surface area contributed by atoms with E-state index in [1.165, 1.54) is 5.56 Å². The van der Waals surface area contributed by atoms with Crippen molar-refractivity contribution in [2.75, 3.05) is 5.32 Å². The molecule has 0 aliphatic carbocycles. The van der Waals surface area contributed by atoms with Gasteiger partial charge < -0.3 is 31.1 Å². The first-order chi connectivity index (χ1) is 19.8. The van der Waals surface area contributed by atoms with Gasteiger partial charge in [0, 0.05) is 5.69 Å². The molecule has 2 aromatic heterocycles. The van der Waals surface area contributed by atoms with Crippen LogP contribution in [0.25, 0.3) is 0 Å². The smallest absolute Gasteiger partial charge is 1.00 e. The first-order valence-corrected chi connectivity index (χ1v) is 13.1. The molecule has 6 aromatic rings. The third-order valence-corrected chi connectivity index (χ3v) is 5.77. The van der Waals surface area contributed by atoms with E-state index in [1.807, 2.05) is 109 Å². The average Bonchev–Trinajstić information content (AvgIpc) is 3.74. The predicted octanol–water partition coefficient (Wildman–Crippen LogP) is 6.20. The Bertz CT molecular complexity index is 1440. The van der Waals surface area contributed by atoms with Crippen molar-refractivity contribution in [2.45, 2.75) is 12.5 Å². The molecule has 1 atom stereocenters. The molecule has 208 valence electrons. The van der Waals surface area contributed by atoms with E-state index in [1.54, 1.807) is 18.7 Å². The second kappa shape index (κ2) is 20.0. The Morgan fingerprint density at radius 2 is 1.19 bits per heavy atom. The first kappa shape index (κ1) is 34.2. The maximum Gasteiger partial charge on any atom is 2.00 e. The van der Waals surface area contributed by atoms with Gasteiger partial charge in [0.05, 0.1) is 30.5 Å². The summed E-state index contributed by atoms with van der Waals surface area (Å²) in [4.78, 5) is 4.23. The van der Waals surface area contributed by atoms with Gasteiger partial charge in [-0.3, -0.25) is 4.99 Å². The summed E-state index contributed by atoms with van der Waals surface area (Å²) in [6, 6.07) is 48.1. The van der Waals surface area contributed by atoms with Gasteiger partial charge in [-0.1, -0.05) is 72.8 Å². The summed E-state index contributed by atoms with van der Waals surface area (Å²) in [6.45, 7) is 3.72. The minimum absolute atomic E-state index is 0. The number of furan rings is 2. The summed E-state index contributed by atoms with van der Waals surface area (Å²) >= 11 is 0. The summed E-state index contributed by atoms with van der Waals surface area (Å²) in [7, 11) is 0. The van der Waals surface area contributed by atoms with Crippen molar-refractivity contribution in [1.82, 2.24) is 0 Å². The van der Waals surface area contributed by atoms with Crippen LogP contribution in [0.1, 0.15) is 28.7 Å². The van der Waals surface area contributed by atoms with Crippen LogP contribution in [0.5, 0.6) is 0 Å². The van der Waals surface area contributed by atoms with E-state index in [0.717, 1.165) is 34.9 Å². The van der Waals surface area contributed by atoms with Gasteiger partial charge in [-0.15, -0.1) is 12.1 Å². The van der Waals surface area contributed by atoms with Gasteiger partial charge in [0.1, 0.15) is 11.5 Å². The minimum atomic E-state index is 0. The summed E-state index contributed by atoms with van der Waals surface area (Å²) in [5.74, 6) is 1.72. The number of nitrogens with zero attached hydrogens (tertiary/aromatic N) is 1. The van der Waals surface area contributed by atoms with Gasteiger partial charge in [-0.25, -0.2) is 0 Å². The molecule has 0 spiro atoms. The van der Waals surface area contributed by atoms with Crippen LogP contribution in [0, 0.1) is 6.92 Å². The molecule has 0 saturated carbocycles. The quantitative estimate of drug-likeness (QED) is 0.130. The fraction of sp³-hybridized carbons (Fsp3) is 0.0556. The van der Waals surface area contributed by atoms with Crippen LogP contribution in [-0.2, 0) is 6.42 Å². The second-order valence-electron chi connectivity index (χ2n) is 8.86. The number of hydrogen-bond acceptors (Lipinski definition) is 4. The molecule has 42 heavy (non-hydrogen) atoms. The van der Waals surface area contributed by atoms with Crippen molar-refractivity contribution in [1.29, 1.82) is 0 Å². The number of rotatable bonds is 7. The van der Waals surface area contributed by atoms with Gasteiger partial charge in [-0.05, 0) is 60.5 Å². The van der Waals surface area contributed by atoms with Crippen molar-refractivity contribution < 1.29 is 25.8 Å². The van der Waals surface area contributed by atoms with Crippen molar-refractivity contribution in [3.05, 3.63) is 188 Å². The predicted molar refractivity (Wildman–Crippen MR) is 171 cm³/mol. The van der Waals surface area contributed by atoms with Crippen LogP contribution in [0.15, 0.2) is 172 Å². The molecule has 0 aliphatic rings. The van der Waals surface area contributed by atoms with Gasteiger partial charge in [0.25, 0.3) is 0 Å². The molecule has 0 saturated heterocycles. The molecule has 0 bridgehead atoms. The molecular formula is C36H33BrMgN2O2. The molecule has 0 radical (unpaired) electrons. The van der Waals surface area contributed by atoms with Crippen molar-refractivity contribution in [3.8, 4) is 0 Å². The molecule has 4 nitrogen and oxygen atoms in total. The van der Waals surface area contributed by atoms with E-state index < -0.39 is 0 Å². The SMILES string of the molecule is C(=Nc1ccccc1)c1ccco1.[Br-].[CH2-]c1ccccc1.[Mg+2].c1ccc(CC(Nc2ccccc2)c2ccco2)cc1. The van der Waals surface area contributed by atoms with Crippen LogP contribution in [0.4, 0.5) is 11.4 Å². The molecule has 1 unspecified atom stereocenters. The van der Waals surface area contributed by atoms with Gasteiger partial charge >= 0.3 is 23.1 Å². The fourth-order valence-corrected chi connectivity index (χ4v) is 3.79. The topological polar surface area (TPSA) is 50.7 Å². The van der Waals surface area contributed by atoms with E-state index in [9.17, 15) is 0 Å². The number of halogens is 1. The molecule has 0 aliphatic heterocycles. The Hall–Kier alpha value is -3.97. The Balaban J connectivity index is 0.000000241. The van der Waals surface area contributed by atoms with Crippen molar-refractivity contribution >= 4 is 40.6 Å². The zero-order valence-electron chi connectivity index (χ0n) is 23.4. The molecule has 1 N–H and O–H groups in total. The van der Waals surface area contributed by atoms with E-state index >= 15 is 0 Å². The van der Waals surface area contributed by atoms with Crippen LogP contribution in [0.3, 0.4) is 0 Å². The number of nitrogens with one attached hydrogen (secondary N) is 1. The van der Waals surface area contributed by atoms with Crippen molar-refractivity contribution in [3.63, 3.8) is 0 Å². The molecule has 0 fully saturated rings. The van der Waals surface area contributed by atoms with E-state index in [2.05, 4.69) is 53.6 Å². The fourth-order valence-electron chi connectivity index (χ4n) is 3.79. The largest absolute Gasteiger partial charge is 2.00 e. The normalized spacial score (nSPS) is 10.5. The minimum Gasteiger partial charge on any atom is -1.00 e. The van der Waals surface area contributed by atoms with Gasteiger partial charge in [0.15, 0.2) is 0 Å². The second-order valence-corrected chi connectivity index (χ2v) is 8.86. The third-order valence-electron chi connectivity index (χ3n) is 5.77. The molecule has 2 heterocycles. The molecule has 4 aromatic carbocycles. The summed E-state index contributed by atoms with van der Waals surface area (Å²) in [6.07, 6.45) is 5.95. The Morgan fingerprint density at radius 1 is 0.643 bits per heavy atom. The van der Waals surface area contributed by atoms with Crippen LogP contribution in [-0.4, -0.2) is 29.3 Å².